The lowest BCUT2D eigenvalue weighted by Gasteiger charge is -2.33. The van der Waals surface area contributed by atoms with E-state index in [0.29, 0.717) is 44.0 Å². The number of nitrogens with zero attached hydrogens (tertiary/aromatic N) is 3. The fourth-order valence-corrected chi connectivity index (χ4v) is 5.48. The Morgan fingerprint density at radius 3 is 2.27 bits per heavy atom. The van der Waals surface area contributed by atoms with E-state index in [1.807, 2.05) is 48.5 Å². The molecule has 172 valence electrons. The highest BCUT2D eigenvalue weighted by Crippen LogP contribution is 2.28. The third kappa shape index (κ3) is 5.23. The Labute approximate surface area is 194 Å². The zero-order chi connectivity index (χ0) is 23.3. The highest BCUT2D eigenvalue weighted by atomic mass is 32.2. The summed E-state index contributed by atoms with van der Waals surface area (Å²) in [5.74, 6) is 0.906. The van der Waals surface area contributed by atoms with Crippen LogP contribution in [0.5, 0.6) is 5.75 Å². The van der Waals surface area contributed by atoms with Gasteiger partial charge in [0.25, 0.3) is 0 Å². The maximum atomic E-state index is 13.5. The molecule has 0 spiro atoms. The summed E-state index contributed by atoms with van der Waals surface area (Å²) in [6.07, 6.45) is 2.60. The molecule has 7 nitrogen and oxygen atoms in total. The molecular weight excluding hydrogens is 438 g/mol. The van der Waals surface area contributed by atoms with Gasteiger partial charge in [-0.05, 0) is 54.8 Å². The number of anilines is 1. The van der Waals surface area contributed by atoms with Crippen molar-refractivity contribution in [2.24, 2.45) is 5.92 Å². The van der Waals surface area contributed by atoms with Gasteiger partial charge in [0.15, 0.2) is 0 Å². The minimum atomic E-state index is -3.62. The highest BCUT2D eigenvalue weighted by molar-refractivity contribution is 7.89. The molecule has 1 aliphatic heterocycles. The van der Waals surface area contributed by atoms with Crippen molar-refractivity contribution in [2.75, 3.05) is 25.1 Å². The van der Waals surface area contributed by atoms with Crippen LogP contribution in [0.4, 0.5) is 5.82 Å². The lowest BCUT2D eigenvalue weighted by molar-refractivity contribution is -0.123. The summed E-state index contributed by atoms with van der Waals surface area (Å²) < 4.78 is 32.7. The molecule has 0 unspecified atom stereocenters. The standard InChI is InChI=1S/C25H27N3O4S/c1-32-22-10-12-23(13-11-22)33(30,31)27-17-14-21(15-18-27)25(29)28(24-9-5-6-16-26-24)19-20-7-3-2-4-8-20/h2-13,16,21H,14-15,17-19H2,1H3. The number of sulfonamides is 1. The lowest BCUT2D eigenvalue weighted by atomic mass is 9.96. The van der Waals surface area contributed by atoms with Crippen LogP contribution in [0.25, 0.3) is 0 Å². The molecule has 2 aromatic carbocycles. The van der Waals surface area contributed by atoms with Crippen molar-refractivity contribution in [3.63, 3.8) is 0 Å². The summed E-state index contributed by atoms with van der Waals surface area (Å²) in [6, 6.07) is 21.7. The van der Waals surface area contributed by atoms with Crippen molar-refractivity contribution in [2.45, 2.75) is 24.3 Å². The Balaban J connectivity index is 1.47. The summed E-state index contributed by atoms with van der Waals surface area (Å²) in [7, 11) is -2.08. The van der Waals surface area contributed by atoms with E-state index in [2.05, 4.69) is 4.98 Å². The molecule has 1 amide bonds. The monoisotopic (exact) mass is 465 g/mol. The van der Waals surface area contributed by atoms with Crippen LogP contribution < -0.4 is 9.64 Å². The lowest BCUT2D eigenvalue weighted by Crippen LogP contribution is -2.44. The van der Waals surface area contributed by atoms with Gasteiger partial charge >= 0.3 is 0 Å². The molecule has 3 aromatic rings. The second-order valence-corrected chi connectivity index (χ2v) is 9.89. The van der Waals surface area contributed by atoms with Gasteiger partial charge in [0, 0.05) is 25.2 Å². The van der Waals surface area contributed by atoms with E-state index in [9.17, 15) is 13.2 Å². The molecule has 0 aliphatic carbocycles. The number of piperidine rings is 1. The van der Waals surface area contributed by atoms with Crippen LogP contribution in [0.15, 0.2) is 83.9 Å². The SMILES string of the molecule is COc1ccc(S(=O)(=O)N2CCC(C(=O)N(Cc3ccccc3)c3ccccn3)CC2)cc1. The summed E-state index contributed by atoms with van der Waals surface area (Å²) in [4.78, 5) is 19.8. The summed E-state index contributed by atoms with van der Waals surface area (Å²) >= 11 is 0. The number of pyridine rings is 1. The predicted molar refractivity (Wildman–Crippen MR) is 126 cm³/mol. The molecule has 4 rings (SSSR count). The molecule has 0 saturated carbocycles. The molecule has 1 saturated heterocycles. The number of carbonyl (C=O) groups is 1. The molecule has 1 fully saturated rings. The smallest absolute Gasteiger partial charge is 0.243 e. The average Bonchev–Trinajstić information content (AvgIpc) is 2.88. The van der Waals surface area contributed by atoms with Gasteiger partial charge in [-0.25, -0.2) is 13.4 Å². The number of hydrogen-bond donors (Lipinski definition) is 0. The molecule has 8 heteroatoms. The third-order valence-corrected chi connectivity index (χ3v) is 7.79. The Kier molecular flexibility index (Phi) is 7.05. The average molecular weight is 466 g/mol. The summed E-state index contributed by atoms with van der Waals surface area (Å²) in [5.41, 5.74) is 1.01. The number of amides is 1. The third-order valence-electron chi connectivity index (χ3n) is 5.88. The molecule has 0 atom stereocenters. The van der Waals surface area contributed by atoms with Crippen molar-refractivity contribution in [1.29, 1.82) is 0 Å². The number of ether oxygens (including phenoxy) is 1. The number of rotatable bonds is 7. The van der Waals surface area contributed by atoms with Crippen molar-refractivity contribution in [3.8, 4) is 5.75 Å². The van der Waals surface area contributed by atoms with Gasteiger partial charge in [-0.1, -0.05) is 36.4 Å². The second-order valence-electron chi connectivity index (χ2n) is 7.95. The van der Waals surface area contributed by atoms with Crippen LogP contribution in [-0.4, -0.2) is 43.8 Å². The van der Waals surface area contributed by atoms with E-state index in [1.54, 1.807) is 35.4 Å². The van der Waals surface area contributed by atoms with E-state index in [1.165, 1.54) is 11.4 Å². The van der Waals surface area contributed by atoms with Gasteiger partial charge in [-0.3, -0.25) is 9.69 Å². The predicted octanol–water partition coefficient (Wildman–Crippen LogP) is 3.72. The van der Waals surface area contributed by atoms with Gasteiger partial charge in [-0.15, -0.1) is 0 Å². The first-order chi connectivity index (χ1) is 16.0. The highest BCUT2D eigenvalue weighted by Gasteiger charge is 2.34. The Morgan fingerprint density at radius 2 is 1.67 bits per heavy atom. The first-order valence-corrected chi connectivity index (χ1v) is 12.3. The quantitative estimate of drug-likeness (QED) is 0.531. The number of hydrogen-bond acceptors (Lipinski definition) is 5. The van der Waals surface area contributed by atoms with Crippen LogP contribution in [0.1, 0.15) is 18.4 Å². The van der Waals surface area contributed by atoms with Gasteiger partial charge in [0.1, 0.15) is 11.6 Å². The van der Waals surface area contributed by atoms with E-state index < -0.39 is 10.0 Å². The maximum Gasteiger partial charge on any atom is 0.243 e. The molecule has 33 heavy (non-hydrogen) atoms. The van der Waals surface area contributed by atoms with Crippen LogP contribution in [-0.2, 0) is 21.4 Å². The zero-order valence-corrected chi connectivity index (χ0v) is 19.3. The van der Waals surface area contributed by atoms with Crippen molar-refractivity contribution in [3.05, 3.63) is 84.6 Å². The minimum absolute atomic E-state index is 0.0287. The number of benzene rings is 2. The molecule has 0 radical (unpaired) electrons. The van der Waals surface area contributed by atoms with E-state index in [-0.39, 0.29) is 16.7 Å². The maximum absolute atomic E-state index is 13.5. The van der Waals surface area contributed by atoms with E-state index in [4.69, 9.17) is 4.74 Å². The van der Waals surface area contributed by atoms with Gasteiger partial charge in [0.2, 0.25) is 15.9 Å². The van der Waals surface area contributed by atoms with Crippen molar-refractivity contribution in [1.82, 2.24) is 9.29 Å². The van der Waals surface area contributed by atoms with Gasteiger partial charge in [-0.2, -0.15) is 4.31 Å². The molecule has 1 aliphatic rings. The second kappa shape index (κ2) is 10.1. The van der Waals surface area contributed by atoms with Crippen LogP contribution in [0.2, 0.25) is 0 Å². The Bertz CT molecular complexity index is 1160. The van der Waals surface area contributed by atoms with Crippen molar-refractivity contribution < 1.29 is 17.9 Å². The van der Waals surface area contributed by atoms with Crippen LogP contribution >= 0.6 is 0 Å². The molecular formula is C25H27N3O4S. The Morgan fingerprint density at radius 1 is 1.00 bits per heavy atom. The summed E-state index contributed by atoms with van der Waals surface area (Å²) in [6.45, 7) is 1.01. The zero-order valence-electron chi connectivity index (χ0n) is 18.5. The van der Waals surface area contributed by atoms with Gasteiger partial charge < -0.3 is 4.74 Å². The van der Waals surface area contributed by atoms with Crippen LogP contribution in [0.3, 0.4) is 0 Å². The fraction of sp³-hybridized carbons (Fsp3) is 0.280. The fourth-order valence-electron chi connectivity index (χ4n) is 4.01. The number of carbonyl (C=O) groups excluding carboxylic acids is 1. The number of methoxy groups -OCH3 is 1. The Hall–Kier alpha value is -3.23. The minimum Gasteiger partial charge on any atom is -0.497 e. The molecule has 0 bridgehead atoms. The van der Waals surface area contributed by atoms with Gasteiger partial charge in [0.05, 0.1) is 18.6 Å². The molecule has 1 aromatic heterocycles. The topological polar surface area (TPSA) is 79.8 Å². The normalized spacial score (nSPS) is 15.2. The first-order valence-electron chi connectivity index (χ1n) is 10.9. The number of aromatic nitrogens is 1. The first kappa shape index (κ1) is 22.9. The summed E-state index contributed by atoms with van der Waals surface area (Å²) in [5, 5.41) is 0. The van der Waals surface area contributed by atoms with Crippen LogP contribution in [0, 0.1) is 5.92 Å². The van der Waals surface area contributed by atoms with Crippen molar-refractivity contribution >= 4 is 21.7 Å². The largest absolute Gasteiger partial charge is 0.497 e. The molecule has 0 N–H and O–H groups in total. The molecule has 2 heterocycles. The van der Waals surface area contributed by atoms with E-state index >= 15 is 0 Å². The van der Waals surface area contributed by atoms with E-state index in [0.717, 1.165) is 5.56 Å².